The van der Waals surface area contributed by atoms with Crippen molar-refractivity contribution >= 4 is 0 Å². The zero-order valence-corrected chi connectivity index (χ0v) is 12.0. The predicted octanol–water partition coefficient (Wildman–Crippen LogP) is 3.11. The van der Waals surface area contributed by atoms with E-state index in [0.717, 1.165) is 0 Å². The second kappa shape index (κ2) is 6.35. The Balaban J connectivity index is 0.00000144. The summed E-state index contributed by atoms with van der Waals surface area (Å²) in [5.74, 6) is 0.531. The molecule has 0 aliphatic rings. The van der Waals surface area contributed by atoms with Gasteiger partial charge in [0.2, 0.25) is 0 Å². The van der Waals surface area contributed by atoms with Gasteiger partial charge in [-0.15, -0.1) is 0 Å². The van der Waals surface area contributed by atoms with E-state index >= 15 is 0 Å². The van der Waals surface area contributed by atoms with Gasteiger partial charge >= 0.3 is 0 Å². The van der Waals surface area contributed by atoms with Crippen molar-refractivity contribution in [1.29, 1.82) is 0 Å². The molecule has 0 fully saturated rings. The smallest absolute Gasteiger partial charge is 0.123 e. The molecular formula is C12H10NO3Zn-. The number of nitrogens with zero attached hydrogens (tertiary/aromatic N) is 1. The molecule has 2 aromatic carbocycles. The molecule has 2 aromatic rings. The van der Waals surface area contributed by atoms with Gasteiger partial charge < -0.3 is 20.8 Å². The fraction of sp³-hybridized carbons (Fsp3) is 0. The standard InChI is InChI=1S/C12H10NO3.Zn/c14-11-7-3-1-5-9(11)10-6-2-4-8-12(10)16-13-15;/h1-8,14-15H;/q-1;. The Labute approximate surface area is 112 Å². The first-order valence-corrected chi connectivity index (χ1v) is 4.72. The number of para-hydroxylation sites is 2. The van der Waals surface area contributed by atoms with Crippen LogP contribution in [-0.4, -0.2) is 10.3 Å². The molecule has 0 aliphatic carbocycles. The third-order valence-electron chi connectivity index (χ3n) is 2.22. The Morgan fingerprint density at radius 2 is 1.47 bits per heavy atom. The van der Waals surface area contributed by atoms with Gasteiger partial charge in [-0.25, -0.2) is 0 Å². The number of rotatable bonds is 3. The van der Waals surface area contributed by atoms with E-state index in [0.29, 0.717) is 16.9 Å². The normalized spacial score (nSPS) is 9.47. The van der Waals surface area contributed by atoms with E-state index in [1.807, 2.05) is 12.1 Å². The molecule has 0 saturated carbocycles. The fourth-order valence-corrected chi connectivity index (χ4v) is 1.51. The Kier molecular flexibility index (Phi) is 5.10. The van der Waals surface area contributed by atoms with E-state index in [4.69, 9.17) is 10.0 Å². The van der Waals surface area contributed by atoms with Crippen LogP contribution in [-0.2, 0) is 19.5 Å². The number of phenols is 1. The van der Waals surface area contributed by atoms with Gasteiger partial charge in [-0.05, 0) is 12.1 Å². The first kappa shape index (κ1) is 13.6. The molecule has 0 unspecified atom stereocenters. The van der Waals surface area contributed by atoms with Crippen molar-refractivity contribution < 1.29 is 34.6 Å². The quantitative estimate of drug-likeness (QED) is 0.671. The van der Waals surface area contributed by atoms with E-state index in [9.17, 15) is 5.11 Å². The number of phenolic OH excluding ortho intramolecular Hbond substituents is 1. The van der Waals surface area contributed by atoms with Crippen LogP contribution >= 0.6 is 0 Å². The summed E-state index contributed by atoms with van der Waals surface area (Å²) in [6.07, 6.45) is 0. The molecule has 17 heavy (non-hydrogen) atoms. The van der Waals surface area contributed by atoms with Crippen LogP contribution in [0.1, 0.15) is 0 Å². The van der Waals surface area contributed by atoms with E-state index in [1.54, 1.807) is 36.4 Å². The van der Waals surface area contributed by atoms with E-state index in [1.165, 1.54) is 0 Å². The van der Waals surface area contributed by atoms with Crippen molar-refractivity contribution in [3.63, 3.8) is 0 Å². The average Bonchev–Trinajstić information content (AvgIpc) is 2.31. The molecule has 0 amide bonds. The van der Waals surface area contributed by atoms with Crippen molar-refractivity contribution in [2.45, 2.75) is 0 Å². The molecule has 0 aliphatic heterocycles. The van der Waals surface area contributed by atoms with Crippen LogP contribution in [0.25, 0.3) is 16.8 Å². The summed E-state index contributed by atoms with van der Waals surface area (Å²) in [7, 11) is 0. The Morgan fingerprint density at radius 1 is 0.882 bits per heavy atom. The van der Waals surface area contributed by atoms with E-state index < -0.39 is 0 Å². The molecule has 84 valence electrons. The van der Waals surface area contributed by atoms with Crippen molar-refractivity contribution in [3.05, 3.63) is 54.2 Å². The van der Waals surface area contributed by atoms with Crippen LogP contribution in [0.15, 0.2) is 48.5 Å². The second-order valence-corrected chi connectivity index (χ2v) is 3.19. The zero-order chi connectivity index (χ0) is 11.4. The van der Waals surface area contributed by atoms with Gasteiger partial charge in [0.1, 0.15) is 11.5 Å². The molecule has 4 nitrogen and oxygen atoms in total. The Bertz CT molecular complexity index is 491. The molecular weight excluding hydrogens is 272 g/mol. The molecule has 0 spiro atoms. The fourth-order valence-electron chi connectivity index (χ4n) is 1.51. The number of hydrogen-bond donors (Lipinski definition) is 2. The maximum Gasteiger partial charge on any atom is 0.123 e. The minimum Gasteiger partial charge on any atom is -0.565 e. The summed E-state index contributed by atoms with van der Waals surface area (Å²) in [4.78, 5) is 4.72. The molecule has 0 bridgehead atoms. The SMILES string of the molecule is O[N-]Oc1ccccc1-c1ccccc1O.[Zn]. The monoisotopic (exact) mass is 280 g/mol. The third kappa shape index (κ3) is 3.03. The topological polar surface area (TPSA) is 63.8 Å². The van der Waals surface area contributed by atoms with Gasteiger partial charge in [-0.1, -0.05) is 36.4 Å². The Morgan fingerprint density at radius 3 is 2.12 bits per heavy atom. The minimum absolute atomic E-state index is 0. The number of aromatic hydroxyl groups is 1. The Hall–Kier alpha value is -1.42. The van der Waals surface area contributed by atoms with Crippen molar-refractivity contribution in [1.82, 2.24) is 0 Å². The summed E-state index contributed by atoms with van der Waals surface area (Å²) in [5, 5.41) is 18.1. The van der Waals surface area contributed by atoms with Crippen molar-refractivity contribution in [2.75, 3.05) is 0 Å². The number of benzene rings is 2. The molecule has 0 saturated heterocycles. The minimum atomic E-state index is 0. The van der Waals surface area contributed by atoms with E-state index in [2.05, 4.69) is 5.64 Å². The maximum atomic E-state index is 9.71. The average molecular weight is 282 g/mol. The zero-order valence-electron chi connectivity index (χ0n) is 9.08. The summed E-state index contributed by atoms with van der Waals surface area (Å²) in [6.45, 7) is 0. The van der Waals surface area contributed by atoms with Gasteiger partial charge in [0.15, 0.2) is 0 Å². The molecule has 2 rings (SSSR count). The van der Waals surface area contributed by atoms with Crippen LogP contribution in [0, 0.1) is 0 Å². The summed E-state index contributed by atoms with van der Waals surface area (Å²) < 4.78 is 0. The van der Waals surface area contributed by atoms with Crippen LogP contribution in [0.2, 0.25) is 0 Å². The van der Waals surface area contributed by atoms with Crippen molar-refractivity contribution in [3.8, 4) is 22.6 Å². The number of hydrogen-bond acceptors (Lipinski definition) is 3. The van der Waals surface area contributed by atoms with Gasteiger partial charge in [0.25, 0.3) is 0 Å². The summed E-state index contributed by atoms with van der Waals surface area (Å²) >= 11 is 0. The molecule has 0 radical (unpaired) electrons. The first-order valence-electron chi connectivity index (χ1n) is 4.72. The molecule has 5 heteroatoms. The van der Waals surface area contributed by atoms with Gasteiger partial charge in [0.05, 0.1) is 0 Å². The van der Waals surface area contributed by atoms with Crippen LogP contribution in [0.3, 0.4) is 0 Å². The van der Waals surface area contributed by atoms with Crippen LogP contribution < -0.4 is 4.84 Å². The van der Waals surface area contributed by atoms with Gasteiger partial charge in [-0.3, -0.25) is 0 Å². The second-order valence-electron chi connectivity index (χ2n) is 3.19. The summed E-state index contributed by atoms with van der Waals surface area (Å²) in [6, 6.07) is 13.9. The van der Waals surface area contributed by atoms with E-state index in [-0.39, 0.29) is 25.2 Å². The molecule has 2 N–H and O–H groups in total. The first-order chi connectivity index (χ1) is 7.83. The predicted molar refractivity (Wildman–Crippen MR) is 59.3 cm³/mol. The van der Waals surface area contributed by atoms with Crippen LogP contribution in [0.5, 0.6) is 11.5 Å². The van der Waals surface area contributed by atoms with Gasteiger partial charge in [-0.2, -0.15) is 0 Å². The molecule has 0 heterocycles. The third-order valence-corrected chi connectivity index (χ3v) is 2.22. The van der Waals surface area contributed by atoms with Gasteiger partial charge in [0, 0.05) is 30.6 Å². The van der Waals surface area contributed by atoms with Crippen LogP contribution in [0.4, 0.5) is 0 Å². The largest absolute Gasteiger partial charge is 0.565 e. The maximum absolute atomic E-state index is 9.71. The molecule has 0 atom stereocenters. The van der Waals surface area contributed by atoms with Crippen molar-refractivity contribution in [2.24, 2.45) is 0 Å². The molecule has 0 aromatic heterocycles. The summed E-state index contributed by atoms with van der Waals surface area (Å²) in [5.41, 5.74) is 3.93.